The van der Waals surface area contributed by atoms with Crippen LogP contribution in [0.2, 0.25) is 0 Å². The van der Waals surface area contributed by atoms with Gasteiger partial charge in [-0.05, 0) is 38.1 Å². The minimum atomic E-state index is -1.68. The third-order valence-corrected chi connectivity index (χ3v) is 4.23. The smallest absolute Gasteiger partial charge is 0.291 e. The first-order chi connectivity index (χ1) is 11.0. The largest absolute Gasteiger partial charge is 0.477 e. The number of hydrogen-bond acceptors (Lipinski definition) is 4. The molecule has 1 aliphatic rings. The van der Waals surface area contributed by atoms with E-state index in [0.717, 1.165) is 10.9 Å². The molecule has 0 unspecified atom stereocenters. The van der Waals surface area contributed by atoms with Crippen molar-refractivity contribution in [1.82, 2.24) is 4.98 Å². The molecule has 4 rings (SSSR count). The van der Waals surface area contributed by atoms with Crippen molar-refractivity contribution in [2.24, 2.45) is 0 Å². The van der Waals surface area contributed by atoms with Crippen LogP contribution < -0.4 is 9.47 Å². The summed E-state index contributed by atoms with van der Waals surface area (Å²) in [4.78, 5) is 4.58. The molecule has 1 aromatic heterocycles. The van der Waals surface area contributed by atoms with Crippen molar-refractivity contribution in [3.8, 4) is 11.5 Å². The SMILES string of the molecule is CC1(C)Oc2ccccc2O[C@]1(O)c1ccc2ccccc2n1. The summed E-state index contributed by atoms with van der Waals surface area (Å²) in [5.74, 6) is -0.557. The average molecular weight is 307 g/mol. The first-order valence-electron chi connectivity index (χ1n) is 7.55. The number of fused-ring (bicyclic) bond motifs is 2. The van der Waals surface area contributed by atoms with Gasteiger partial charge in [-0.2, -0.15) is 0 Å². The Bertz CT molecular complexity index is 890. The van der Waals surface area contributed by atoms with Gasteiger partial charge in [-0.25, -0.2) is 4.98 Å². The number of aliphatic hydroxyl groups is 1. The lowest BCUT2D eigenvalue weighted by molar-refractivity contribution is -0.261. The third kappa shape index (κ3) is 2.06. The Morgan fingerprint density at radius 3 is 2.26 bits per heavy atom. The molecule has 0 fully saturated rings. The lowest BCUT2D eigenvalue weighted by atomic mass is 9.91. The van der Waals surface area contributed by atoms with E-state index in [4.69, 9.17) is 9.47 Å². The second kappa shape index (κ2) is 4.70. The fourth-order valence-electron chi connectivity index (χ4n) is 2.86. The van der Waals surface area contributed by atoms with E-state index in [9.17, 15) is 5.11 Å². The van der Waals surface area contributed by atoms with E-state index in [1.54, 1.807) is 26.0 Å². The van der Waals surface area contributed by atoms with Crippen LogP contribution >= 0.6 is 0 Å². The van der Waals surface area contributed by atoms with Crippen molar-refractivity contribution in [3.05, 3.63) is 66.4 Å². The minimum Gasteiger partial charge on any atom is -0.477 e. The number of rotatable bonds is 1. The number of para-hydroxylation sites is 3. The molecule has 3 aromatic rings. The number of pyridine rings is 1. The van der Waals surface area contributed by atoms with Crippen molar-refractivity contribution in [2.45, 2.75) is 25.2 Å². The highest BCUT2D eigenvalue weighted by atomic mass is 16.7. The zero-order valence-electron chi connectivity index (χ0n) is 13.0. The summed E-state index contributed by atoms with van der Waals surface area (Å²) in [5, 5.41) is 12.3. The van der Waals surface area contributed by atoms with Gasteiger partial charge in [-0.15, -0.1) is 0 Å². The van der Waals surface area contributed by atoms with E-state index in [1.165, 1.54) is 0 Å². The molecule has 1 N–H and O–H groups in total. The van der Waals surface area contributed by atoms with Crippen molar-refractivity contribution in [1.29, 1.82) is 0 Å². The Morgan fingerprint density at radius 1 is 0.826 bits per heavy atom. The number of ether oxygens (including phenoxy) is 2. The van der Waals surface area contributed by atoms with Gasteiger partial charge < -0.3 is 14.6 Å². The number of benzene rings is 2. The number of aromatic nitrogens is 1. The quantitative estimate of drug-likeness (QED) is 0.746. The lowest BCUT2D eigenvalue weighted by Gasteiger charge is -2.45. The van der Waals surface area contributed by atoms with Crippen LogP contribution in [-0.4, -0.2) is 15.7 Å². The third-order valence-electron chi connectivity index (χ3n) is 4.23. The molecule has 4 heteroatoms. The summed E-state index contributed by atoms with van der Waals surface area (Å²) in [5.41, 5.74) is 0.240. The highest BCUT2D eigenvalue weighted by molar-refractivity contribution is 5.78. The Labute approximate surface area is 134 Å². The van der Waals surface area contributed by atoms with Gasteiger partial charge in [0.25, 0.3) is 5.79 Å². The minimum absolute atomic E-state index is 0.427. The maximum atomic E-state index is 11.3. The van der Waals surface area contributed by atoms with E-state index >= 15 is 0 Å². The topological polar surface area (TPSA) is 51.6 Å². The van der Waals surface area contributed by atoms with Gasteiger partial charge >= 0.3 is 0 Å². The molecule has 1 aliphatic heterocycles. The summed E-state index contributed by atoms with van der Waals surface area (Å²) < 4.78 is 11.9. The van der Waals surface area contributed by atoms with Gasteiger partial charge in [-0.1, -0.05) is 36.4 Å². The van der Waals surface area contributed by atoms with Crippen LogP contribution in [0.25, 0.3) is 10.9 Å². The second-order valence-corrected chi connectivity index (χ2v) is 6.19. The summed E-state index contributed by atoms with van der Waals surface area (Å²) in [6, 6.07) is 18.8. The molecule has 1 atom stereocenters. The molecule has 0 spiro atoms. The van der Waals surface area contributed by atoms with Crippen LogP contribution in [0.15, 0.2) is 60.7 Å². The Balaban J connectivity index is 1.87. The maximum Gasteiger partial charge on any atom is 0.291 e. The van der Waals surface area contributed by atoms with Crippen molar-refractivity contribution < 1.29 is 14.6 Å². The van der Waals surface area contributed by atoms with Crippen LogP contribution in [0.3, 0.4) is 0 Å². The van der Waals surface area contributed by atoms with E-state index in [0.29, 0.717) is 17.2 Å². The van der Waals surface area contributed by atoms with Crippen LogP contribution in [0.5, 0.6) is 11.5 Å². The maximum absolute atomic E-state index is 11.3. The predicted molar refractivity (Wildman–Crippen MR) is 87.4 cm³/mol. The van der Waals surface area contributed by atoms with E-state index in [1.807, 2.05) is 48.5 Å². The van der Waals surface area contributed by atoms with Gasteiger partial charge in [0.2, 0.25) is 0 Å². The van der Waals surface area contributed by atoms with Crippen molar-refractivity contribution in [3.63, 3.8) is 0 Å². The summed E-state index contributed by atoms with van der Waals surface area (Å²) >= 11 is 0. The lowest BCUT2D eigenvalue weighted by Crippen LogP contribution is -2.58. The molecule has 0 saturated carbocycles. The van der Waals surface area contributed by atoms with Crippen LogP contribution in [-0.2, 0) is 5.79 Å². The summed E-state index contributed by atoms with van der Waals surface area (Å²) in [6.45, 7) is 3.58. The number of hydrogen-bond donors (Lipinski definition) is 1. The van der Waals surface area contributed by atoms with Gasteiger partial charge in [0.05, 0.1) is 5.52 Å². The standard InChI is InChI=1S/C19H17NO3/c1-18(2)19(21,23-16-10-6-5-9-15(16)22-18)17-12-11-13-7-3-4-8-14(13)20-17/h3-12,21H,1-2H3/t19-/m1/s1. The number of nitrogens with zero attached hydrogens (tertiary/aromatic N) is 1. The monoisotopic (exact) mass is 307 g/mol. The molecule has 0 radical (unpaired) electrons. The zero-order valence-corrected chi connectivity index (χ0v) is 13.0. The highest BCUT2D eigenvalue weighted by Gasteiger charge is 2.54. The first-order valence-corrected chi connectivity index (χ1v) is 7.55. The molecular formula is C19H17NO3. The summed E-state index contributed by atoms with van der Waals surface area (Å²) in [7, 11) is 0. The van der Waals surface area contributed by atoms with Crippen LogP contribution in [0.1, 0.15) is 19.5 Å². The van der Waals surface area contributed by atoms with Crippen molar-refractivity contribution in [2.75, 3.05) is 0 Å². The normalized spacial score (nSPS) is 22.0. The van der Waals surface area contributed by atoms with E-state index in [-0.39, 0.29) is 0 Å². The molecule has 0 amide bonds. The zero-order chi connectivity index (χ0) is 16.1. The van der Waals surface area contributed by atoms with Crippen LogP contribution in [0.4, 0.5) is 0 Å². The molecule has 4 nitrogen and oxygen atoms in total. The summed E-state index contributed by atoms with van der Waals surface area (Å²) in [6.07, 6.45) is 0. The molecule has 23 heavy (non-hydrogen) atoms. The van der Waals surface area contributed by atoms with Gasteiger partial charge in [0.1, 0.15) is 5.69 Å². The molecule has 2 heterocycles. The second-order valence-electron chi connectivity index (χ2n) is 6.19. The van der Waals surface area contributed by atoms with Gasteiger partial charge in [0, 0.05) is 5.39 Å². The Hall–Kier alpha value is -2.59. The van der Waals surface area contributed by atoms with Crippen LogP contribution in [0, 0.1) is 0 Å². The Morgan fingerprint density at radius 2 is 1.48 bits per heavy atom. The average Bonchev–Trinajstić information content (AvgIpc) is 2.55. The fraction of sp³-hybridized carbons (Fsp3) is 0.211. The molecule has 0 saturated heterocycles. The first kappa shape index (κ1) is 14.0. The van der Waals surface area contributed by atoms with E-state index < -0.39 is 11.4 Å². The Kier molecular flexibility index (Phi) is 2.87. The molecular weight excluding hydrogens is 290 g/mol. The predicted octanol–water partition coefficient (Wildman–Crippen LogP) is 3.63. The van der Waals surface area contributed by atoms with Gasteiger partial charge in [-0.3, -0.25) is 0 Å². The fourth-order valence-corrected chi connectivity index (χ4v) is 2.86. The van der Waals surface area contributed by atoms with Gasteiger partial charge in [0.15, 0.2) is 17.1 Å². The molecule has 116 valence electrons. The van der Waals surface area contributed by atoms with E-state index in [2.05, 4.69) is 4.98 Å². The molecule has 2 aromatic carbocycles. The van der Waals surface area contributed by atoms with Crippen molar-refractivity contribution >= 4 is 10.9 Å². The molecule has 0 bridgehead atoms. The highest BCUT2D eigenvalue weighted by Crippen LogP contribution is 2.46. The molecule has 0 aliphatic carbocycles.